The molecule has 24 heavy (non-hydrogen) atoms. The van der Waals surface area contributed by atoms with Gasteiger partial charge in [0.1, 0.15) is 0 Å². The third kappa shape index (κ3) is 5.70. The van der Waals surface area contributed by atoms with E-state index in [0.717, 1.165) is 36.2 Å². The van der Waals surface area contributed by atoms with E-state index in [-0.39, 0.29) is 12.5 Å². The first-order chi connectivity index (χ1) is 11.7. The summed E-state index contributed by atoms with van der Waals surface area (Å²) in [5, 5.41) is 7.90. The van der Waals surface area contributed by atoms with Crippen molar-refractivity contribution in [3.8, 4) is 0 Å². The summed E-state index contributed by atoms with van der Waals surface area (Å²) < 4.78 is 0. The summed E-state index contributed by atoms with van der Waals surface area (Å²) in [5.74, 6) is -0.208. The van der Waals surface area contributed by atoms with E-state index >= 15 is 0 Å². The molecule has 0 unspecified atom stereocenters. The van der Waals surface area contributed by atoms with Crippen molar-refractivity contribution in [2.75, 3.05) is 11.9 Å². The predicted molar refractivity (Wildman–Crippen MR) is 101 cm³/mol. The Morgan fingerprint density at radius 3 is 2.50 bits per heavy atom. The first kappa shape index (κ1) is 18.0. The van der Waals surface area contributed by atoms with Gasteiger partial charge < -0.3 is 5.32 Å². The van der Waals surface area contributed by atoms with Gasteiger partial charge in [-0.2, -0.15) is 5.10 Å². The number of rotatable bonds is 8. The van der Waals surface area contributed by atoms with Gasteiger partial charge in [0, 0.05) is 0 Å². The Balaban J connectivity index is 1.95. The minimum Gasteiger partial charge on any atom is -0.375 e. The second-order valence-corrected chi connectivity index (χ2v) is 5.80. The first-order valence-electron chi connectivity index (χ1n) is 8.10. The molecule has 0 aliphatic heterocycles. The number of amides is 1. The van der Waals surface area contributed by atoms with E-state index in [0.29, 0.717) is 5.02 Å². The fourth-order valence-corrected chi connectivity index (χ4v) is 2.39. The van der Waals surface area contributed by atoms with Crippen molar-refractivity contribution < 1.29 is 4.79 Å². The number of benzene rings is 2. The highest BCUT2D eigenvalue weighted by Gasteiger charge is 2.06. The standard InChI is InChI=1S/C19H22ClN3O/c1-2-3-12-17(15-9-5-4-6-10-15)22-23-19(24)14-21-18-13-8-7-11-16(18)20/h4-11,13,21H,2-3,12,14H2,1H3,(H,23,24)/b22-17-. The topological polar surface area (TPSA) is 53.5 Å². The third-order valence-corrected chi connectivity index (χ3v) is 3.83. The number of hydrazone groups is 1. The van der Waals surface area contributed by atoms with E-state index in [1.165, 1.54) is 0 Å². The lowest BCUT2D eigenvalue weighted by molar-refractivity contribution is -0.119. The molecule has 5 heteroatoms. The molecule has 0 spiro atoms. The fraction of sp³-hybridized carbons (Fsp3) is 0.263. The Kier molecular flexibility index (Phi) is 7.30. The van der Waals surface area contributed by atoms with Gasteiger partial charge in [0.15, 0.2) is 0 Å². The van der Waals surface area contributed by atoms with E-state index < -0.39 is 0 Å². The van der Waals surface area contributed by atoms with Gasteiger partial charge in [-0.15, -0.1) is 0 Å². The third-order valence-electron chi connectivity index (χ3n) is 3.50. The average Bonchev–Trinajstić information content (AvgIpc) is 2.62. The number of carbonyl (C=O) groups is 1. The second kappa shape index (κ2) is 9.73. The van der Waals surface area contributed by atoms with Crippen LogP contribution in [0.15, 0.2) is 59.7 Å². The summed E-state index contributed by atoms with van der Waals surface area (Å²) in [6, 6.07) is 17.2. The number of para-hydroxylation sites is 1. The molecule has 2 N–H and O–H groups in total. The van der Waals surface area contributed by atoms with Crippen molar-refractivity contribution in [1.82, 2.24) is 5.43 Å². The van der Waals surface area contributed by atoms with Crippen LogP contribution in [0, 0.1) is 0 Å². The van der Waals surface area contributed by atoms with Crippen molar-refractivity contribution in [3.63, 3.8) is 0 Å². The smallest absolute Gasteiger partial charge is 0.259 e. The zero-order valence-electron chi connectivity index (χ0n) is 13.8. The normalized spacial score (nSPS) is 11.2. The molecule has 2 aromatic carbocycles. The molecule has 0 radical (unpaired) electrons. The Morgan fingerprint density at radius 2 is 1.79 bits per heavy atom. The van der Waals surface area contributed by atoms with Crippen LogP contribution in [0.4, 0.5) is 5.69 Å². The van der Waals surface area contributed by atoms with Crippen molar-refractivity contribution in [2.45, 2.75) is 26.2 Å². The summed E-state index contributed by atoms with van der Waals surface area (Å²) >= 11 is 6.05. The Bertz CT molecular complexity index is 686. The van der Waals surface area contributed by atoms with Crippen LogP contribution in [0.25, 0.3) is 0 Å². The highest BCUT2D eigenvalue weighted by molar-refractivity contribution is 6.33. The van der Waals surface area contributed by atoms with Gasteiger partial charge in [-0.25, -0.2) is 5.43 Å². The van der Waals surface area contributed by atoms with Crippen LogP contribution < -0.4 is 10.7 Å². The summed E-state index contributed by atoms with van der Waals surface area (Å²) in [6.45, 7) is 2.25. The van der Waals surface area contributed by atoms with E-state index in [1.807, 2.05) is 48.5 Å². The van der Waals surface area contributed by atoms with Gasteiger partial charge >= 0.3 is 0 Å². The number of nitrogens with zero attached hydrogens (tertiary/aromatic N) is 1. The lowest BCUT2D eigenvalue weighted by Crippen LogP contribution is -2.27. The highest BCUT2D eigenvalue weighted by atomic mass is 35.5. The summed E-state index contributed by atoms with van der Waals surface area (Å²) in [4.78, 5) is 12.0. The molecule has 0 atom stereocenters. The SMILES string of the molecule is CCCC/C(=N/NC(=O)CNc1ccccc1Cl)c1ccccc1. The van der Waals surface area contributed by atoms with Crippen molar-refractivity contribution >= 4 is 28.9 Å². The number of hydrogen-bond donors (Lipinski definition) is 2. The molecule has 0 aromatic heterocycles. The zero-order valence-corrected chi connectivity index (χ0v) is 14.5. The predicted octanol–water partition coefficient (Wildman–Crippen LogP) is 4.46. The van der Waals surface area contributed by atoms with Crippen molar-refractivity contribution in [2.24, 2.45) is 5.10 Å². The van der Waals surface area contributed by atoms with E-state index in [1.54, 1.807) is 6.07 Å². The largest absolute Gasteiger partial charge is 0.375 e. The maximum atomic E-state index is 12.0. The number of hydrogen-bond acceptors (Lipinski definition) is 3. The summed E-state index contributed by atoms with van der Waals surface area (Å²) in [7, 11) is 0. The molecule has 0 heterocycles. The Hall–Kier alpha value is -2.33. The molecule has 0 bridgehead atoms. The lowest BCUT2D eigenvalue weighted by Gasteiger charge is -2.09. The van der Waals surface area contributed by atoms with Gasteiger partial charge in [-0.3, -0.25) is 4.79 Å². The molecule has 0 fully saturated rings. The minimum absolute atomic E-state index is 0.114. The van der Waals surface area contributed by atoms with Gasteiger partial charge in [-0.05, 0) is 30.5 Å². The fourth-order valence-electron chi connectivity index (χ4n) is 2.19. The van der Waals surface area contributed by atoms with Gasteiger partial charge in [0.2, 0.25) is 0 Å². The van der Waals surface area contributed by atoms with Crippen LogP contribution in [0.2, 0.25) is 5.02 Å². The average molecular weight is 344 g/mol. The summed E-state index contributed by atoms with van der Waals surface area (Å²) in [6.07, 6.45) is 2.94. The molecule has 4 nitrogen and oxygen atoms in total. The minimum atomic E-state index is -0.208. The van der Waals surface area contributed by atoms with Crippen molar-refractivity contribution in [1.29, 1.82) is 0 Å². The maximum Gasteiger partial charge on any atom is 0.259 e. The molecule has 2 rings (SSSR count). The zero-order chi connectivity index (χ0) is 17.2. The molecule has 1 amide bonds. The number of nitrogens with one attached hydrogen (secondary N) is 2. The Morgan fingerprint density at radius 1 is 1.08 bits per heavy atom. The number of carbonyl (C=O) groups excluding carboxylic acids is 1. The van der Waals surface area contributed by atoms with Crippen LogP contribution in [-0.2, 0) is 4.79 Å². The van der Waals surface area contributed by atoms with Crippen LogP contribution in [0.5, 0.6) is 0 Å². The molecule has 126 valence electrons. The number of unbranched alkanes of at least 4 members (excludes halogenated alkanes) is 1. The van der Waals surface area contributed by atoms with Gasteiger partial charge in [0.05, 0.1) is 23.0 Å². The van der Waals surface area contributed by atoms with E-state index in [2.05, 4.69) is 22.8 Å². The van der Waals surface area contributed by atoms with Crippen LogP contribution in [0.1, 0.15) is 31.7 Å². The van der Waals surface area contributed by atoms with Crippen LogP contribution >= 0.6 is 11.6 Å². The second-order valence-electron chi connectivity index (χ2n) is 5.40. The lowest BCUT2D eigenvalue weighted by atomic mass is 10.1. The van der Waals surface area contributed by atoms with Crippen molar-refractivity contribution in [3.05, 3.63) is 65.2 Å². The molecule has 0 saturated heterocycles. The molecular formula is C19H22ClN3O. The molecule has 0 aliphatic rings. The highest BCUT2D eigenvalue weighted by Crippen LogP contribution is 2.19. The van der Waals surface area contributed by atoms with Crippen LogP contribution in [-0.4, -0.2) is 18.2 Å². The maximum absolute atomic E-state index is 12.0. The first-order valence-corrected chi connectivity index (χ1v) is 8.47. The molecular weight excluding hydrogens is 322 g/mol. The molecule has 2 aromatic rings. The van der Waals surface area contributed by atoms with Gasteiger partial charge in [-0.1, -0.05) is 67.4 Å². The van der Waals surface area contributed by atoms with E-state index in [9.17, 15) is 4.79 Å². The van der Waals surface area contributed by atoms with E-state index in [4.69, 9.17) is 11.6 Å². The summed E-state index contributed by atoms with van der Waals surface area (Å²) in [5.41, 5.74) is 5.28. The van der Waals surface area contributed by atoms with Gasteiger partial charge in [0.25, 0.3) is 5.91 Å². The Labute approximate surface area is 147 Å². The number of anilines is 1. The quantitative estimate of drug-likeness (QED) is 0.549. The number of halogens is 1. The molecule has 0 aliphatic carbocycles. The monoisotopic (exact) mass is 343 g/mol. The van der Waals surface area contributed by atoms with Crippen LogP contribution in [0.3, 0.4) is 0 Å². The molecule has 0 saturated carbocycles.